The first-order valence-corrected chi connectivity index (χ1v) is 7.32. The molecule has 3 rings (SSSR count). The molecular weight excluding hydrogens is 335 g/mol. The first kappa shape index (κ1) is 16.8. The molecule has 2 aromatic carbocycles. The minimum Gasteiger partial charge on any atom is -0.496 e. The molecule has 0 radical (unpaired) electrons. The molecule has 0 amide bonds. The highest BCUT2D eigenvalue weighted by Crippen LogP contribution is 2.38. The lowest BCUT2D eigenvalue weighted by Crippen LogP contribution is -2.23. The highest BCUT2D eigenvalue weighted by atomic mass is 19.4. The van der Waals surface area contributed by atoms with Gasteiger partial charge in [-0.3, -0.25) is 4.57 Å². The molecule has 0 aliphatic heterocycles. The number of nitrogens with one attached hydrogen (secondary N) is 1. The summed E-state index contributed by atoms with van der Waals surface area (Å²) >= 11 is 0. The highest BCUT2D eigenvalue weighted by Gasteiger charge is 2.33. The van der Waals surface area contributed by atoms with Crippen LogP contribution >= 0.6 is 0 Å². The van der Waals surface area contributed by atoms with Crippen LogP contribution in [0.1, 0.15) is 5.56 Å². The van der Waals surface area contributed by atoms with Crippen LogP contribution in [0.2, 0.25) is 0 Å². The third-order valence-electron chi connectivity index (χ3n) is 3.76. The molecule has 8 heteroatoms. The summed E-state index contributed by atoms with van der Waals surface area (Å²) in [4.78, 5) is 16.4. The average Bonchev–Trinajstić information content (AvgIpc) is 2.59. The van der Waals surface area contributed by atoms with Crippen LogP contribution in [0.5, 0.6) is 5.75 Å². The van der Waals surface area contributed by atoms with Crippen molar-refractivity contribution in [2.75, 3.05) is 19.5 Å². The van der Waals surface area contributed by atoms with Crippen molar-refractivity contribution in [3.05, 3.63) is 58.5 Å². The standard InChI is InChI=1S/C17H14F3N3O2/c1-21-15-14-12(8-10(17(18,19)20)9-13(14)25-2)23(16(24)22-15)11-6-4-3-5-7-11/h3-9H,1-2H3,(H,21,22,24). The summed E-state index contributed by atoms with van der Waals surface area (Å²) in [6.45, 7) is 0. The molecule has 0 spiro atoms. The predicted molar refractivity (Wildman–Crippen MR) is 88.4 cm³/mol. The number of halogens is 3. The average molecular weight is 349 g/mol. The molecule has 1 aromatic heterocycles. The molecule has 0 unspecified atom stereocenters. The molecule has 5 nitrogen and oxygen atoms in total. The van der Waals surface area contributed by atoms with E-state index in [0.717, 1.165) is 16.7 Å². The molecule has 0 saturated heterocycles. The van der Waals surface area contributed by atoms with E-state index in [4.69, 9.17) is 4.74 Å². The molecule has 0 aliphatic rings. The molecule has 0 aliphatic carbocycles. The normalized spacial score (nSPS) is 11.6. The molecule has 1 heterocycles. The third kappa shape index (κ3) is 2.90. The summed E-state index contributed by atoms with van der Waals surface area (Å²) in [7, 11) is 2.80. The van der Waals surface area contributed by atoms with E-state index in [0.29, 0.717) is 11.1 Å². The van der Waals surface area contributed by atoms with Crippen molar-refractivity contribution in [1.29, 1.82) is 0 Å². The Morgan fingerprint density at radius 3 is 2.40 bits per heavy atom. The van der Waals surface area contributed by atoms with Gasteiger partial charge in [-0.1, -0.05) is 18.2 Å². The number of alkyl halides is 3. The van der Waals surface area contributed by atoms with Crippen molar-refractivity contribution >= 4 is 16.7 Å². The Bertz CT molecular complexity index is 982. The number of hydrogen-bond acceptors (Lipinski definition) is 4. The van der Waals surface area contributed by atoms with E-state index in [-0.39, 0.29) is 17.1 Å². The number of fused-ring (bicyclic) bond motifs is 1. The van der Waals surface area contributed by atoms with Crippen molar-refractivity contribution in [2.24, 2.45) is 0 Å². The zero-order chi connectivity index (χ0) is 18.2. The zero-order valence-corrected chi connectivity index (χ0v) is 13.4. The van der Waals surface area contributed by atoms with Gasteiger partial charge in [-0.2, -0.15) is 18.2 Å². The van der Waals surface area contributed by atoms with Crippen LogP contribution in [-0.2, 0) is 6.18 Å². The van der Waals surface area contributed by atoms with E-state index < -0.39 is 17.4 Å². The Kier molecular flexibility index (Phi) is 4.12. The number of ether oxygens (including phenoxy) is 1. The second kappa shape index (κ2) is 6.12. The van der Waals surface area contributed by atoms with Gasteiger partial charge in [0.05, 0.1) is 29.3 Å². The second-order valence-corrected chi connectivity index (χ2v) is 5.23. The summed E-state index contributed by atoms with van der Waals surface area (Å²) in [5.74, 6) is 0.129. The van der Waals surface area contributed by atoms with Crippen LogP contribution in [0.25, 0.3) is 16.6 Å². The lowest BCUT2D eigenvalue weighted by molar-refractivity contribution is -0.137. The van der Waals surface area contributed by atoms with Crippen LogP contribution in [0, 0.1) is 0 Å². The monoisotopic (exact) mass is 349 g/mol. The van der Waals surface area contributed by atoms with Gasteiger partial charge in [0, 0.05) is 7.05 Å². The van der Waals surface area contributed by atoms with Gasteiger partial charge in [0.2, 0.25) is 0 Å². The van der Waals surface area contributed by atoms with Gasteiger partial charge in [-0.15, -0.1) is 0 Å². The molecule has 1 N–H and O–H groups in total. The van der Waals surface area contributed by atoms with Gasteiger partial charge in [-0.25, -0.2) is 4.79 Å². The minimum absolute atomic E-state index is 0.0219. The molecule has 0 fully saturated rings. The van der Waals surface area contributed by atoms with Crippen molar-refractivity contribution in [2.45, 2.75) is 6.18 Å². The van der Waals surface area contributed by atoms with E-state index in [1.165, 1.54) is 14.2 Å². The Hall–Kier alpha value is -3.03. The summed E-state index contributed by atoms with van der Waals surface area (Å²) in [5, 5.41) is 3.03. The molecular formula is C17H14F3N3O2. The Balaban J connectivity index is 2.52. The van der Waals surface area contributed by atoms with Crippen molar-refractivity contribution in [3.63, 3.8) is 0 Å². The Morgan fingerprint density at radius 1 is 1.16 bits per heavy atom. The fourth-order valence-electron chi connectivity index (χ4n) is 2.65. The third-order valence-corrected chi connectivity index (χ3v) is 3.76. The van der Waals surface area contributed by atoms with E-state index in [1.807, 2.05) is 0 Å². The number of anilines is 1. The first-order chi connectivity index (χ1) is 11.9. The lowest BCUT2D eigenvalue weighted by atomic mass is 10.1. The number of nitrogens with zero attached hydrogens (tertiary/aromatic N) is 2. The number of hydrogen-bond donors (Lipinski definition) is 1. The fraction of sp³-hybridized carbons (Fsp3) is 0.176. The van der Waals surface area contributed by atoms with Crippen molar-refractivity contribution in [3.8, 4) is 11.4 Å². The number of aromatic nitrogens is 2. The molecule has 0 bridgehead atoms. The SMILES string of the molecule is CNc1nc(=O)n(-c2ccccc2)c2cc(C(F)(F)F)cc(OC)c12. The number of benzene rings is 2. The second-order valence-electron chi connectivity index (χ2n) is 5.23. The van der Waals surface area contributed by atoms with E-state index in [2.05, 4.69) is 10.3 Å². The van der Waals surface area contributed by atoms with Gasteiger partial charge in [-0.05, 0) is 24.3 Å². The van der Waals surface area contributed by atoms with Gasteiger partial charge in [0.1, 0.15) is 11.6 Å². The van der Waals surface area contributed by atoms with E-state index in [9.17, 15) is 18.0 Å². The van der Waals surface area contributed by atoms with Gasteiger partial charge >= 0.3 is 11.9 Å². The van der Waals surface area contributed by atoms with Crippen LogP contribution in [0.15, 0.2) is 47.3 Å². The molecule has 0 saturated carbocycles. The van der Waals surface area contributed by atoms with Gasteiger partial charge in [0.15, 0.2) is 0 Å². The molecule has 3 aromatic rings. The zero-order valence-electron chi connectivity index (χ0n) is 13.4. The van der Waals surface area contributed by atoms with Gasteiger partial charge < -0.3 is 10.1 Å². The minimum atomic E-state index is -4.58. The lowest BCUT2D eigenvalue weighted by Gasteiger charge is -2.17. The van der Waals surface area contributed by atoms with Crippen molar-refractivity contribution in [1.82, 2.24) is 9.55 Å². The summed E-state index contributed by atoms with van der Waals surface area (Å²) in [5.41, 5.74) is -1.13. The number of rotatable bonds is 3. The van der Waals surface area contributed by atoms with Crippen LogP contribution in [-0.4, -0.2) is 23.7 Å². The fourth-order valence-corrected chi connectivity index (χ4v) is 2.65. The molecule has 0 atom stereocenters. The largest absolute Gasteiger partial charge is 0.496 e. The summed E-state index contributed by atoms with van der Waals surface area (Å²) in [6, 6.07) is 10.2. The number of methoxy groups -OCH3 is 1. The topological polar surface area (TPSA) is 56.2 Å². The predicted octanol–water partition coefficient (Wildman–Crippen LogP) is 3.45. The maximum Gasteiger partial charge on any atom is 0.416 e. The Morgan fingerprint density at radius 2 is 1.84 bits per heavy atom. The Labute approximate surface area is 140 Å². The van der Waals surface area contributed by atoms with E-state index >= 15 is 0 Å². The molecule has 130 valence electrons. The highest BCUT2D eigenvalue weighted by molar-refractivity contribution is 5.96. The number of para-hydroxylation sites is 1. The van der Waals surface area contributed by atoms with Crippen LogP contribution in [0.4, 0.5) is 19.0 Å². The van der Waals surface area contributed by atoms with Crippen LogP contribution < -0.4 is 15.7 Å². The maximum atomic E-state index is 13.3. The quantitative estimate of drug-likeness (QED) is 0.787. The summed E-state index contributed by atoms with van der Waals surface area (Å²) in [6.07, 6.45) is -4.58. The molecule has 25 heavy (non-hydrogen) atoms. The summed E-state index contributed by atoms with van der Waals surface area (Å²) < 4.78 is 46.1. The smallest absolute Gasteiger partial charge is 0.416 e. The first-order valence-electron chi connectivity index (χ1n) is 7.32. The van der Waals surface area contributed by atoms with Crippen molar-refractivity contribution < 1.29 is 17.9 Å². The van der Waals surface area contributed by atoms with Gasteiger partial charge in [0.25, 0.3) is 0 Å². The van der Waals surface area contributed by atoms with Crippen LogP contribution in [0.3, 0.4) is 0 Å². The van der Waals surface area contributed by atoms with E-state index in [1.54, 1.807) is 30.3 Å². The maximum absolute atomic E-state index is 13.3.